The standard InChI is InChI=1S/C18H24N2O3/c21-17(19-8-4-7-14-5-2-1-3-6-14)15-13-16(15)18(22)20-9-11-23-12-10-20/h1-3,5-6,15-16H,4,7-13H2,(H,19,21). The molecule has 23 heavy (non-hydrogen) atoms. The molecule has 2 amide bonds. The molecule has 1 saturated carbocycles. The number of hydrogen-bond acceptors (Lipinski definition) is 3. The summed E-state index contributed by atoms with van der Waals surface area (Å²) in [5.74, 6) is -0.0771. The first kappa shape index (κ1) is 16.0. The highest BCUT2D eigenvalue weighted by molar-refractivity contribution is 5.92. The van der Waals surface area contributed by atoms with Gasteiger partial charge < -0.3 is 15.0 Å². The molecular formula is C18H24N2O3. The maximum atomic E-state index is 12.3. The summed E-state index contributed by atoms with van der Waals surface area (Å²) >= 11 is 0. The molecule has 1 aromatic carbocycles. The number of amides is 2. The van der Waals surface area contributed by atoms with E-state index in [1.807, 2.05) is 23.1 Å². The van der Waals surface area contributed by atoms with Crippen molar-refractivity contribution in [1.29, 1.82) is 0 Å². The smallest absolute Gasteiger partial charge is 0.226 e. The number of nitrogens with zero attached hydrogens (tertiary/aromatic N) is 1. The SMILES string of the molecule is O=C(NCCCc1ccccc1)C1CC1C(=O)N1CCOCC1. The second kappa shape index (κ2) is 7.59. The Labute approximate surface area is 137 Å². The fourth-order valence-electron chi connectivity index (χ4n) is 3.06. The number of benzene rings is 1. The van der Waals surface area contributed by atoms with E-state index in [0.29, 0.717) is 39.3 Å². The Morgan fingerprint density at radius 2 is 1.87 bits per heavy atom. The van der Waals surface area contributed by atoms with Crippen LogP contribution in [-0.4, -0.2) is 49.6 Å². The van der Waals surface area contributed by atoms with Crippen LogP contribution in [0.4, 0.5) is 0 Å². The summed E-state index contributed by atoms with van der Waals surface area (Å²) in [6.07, 6.45) is 2.58. The molecule has 1 heterocycles. The van der Waals surface area contributed by atoms with Gasteiger partial charge in [-0.15, -0.1) is 0 Å². The predicted molar refractivity (Wildman–Crippen MR) is 86.8 cm³/mol. The van der Waals surface area contributed by atoms with Crippen molar-refractivity contribution < 1.29 is 14.3 Å². The van der Waals surface area contributed by atoms with Crippen molar-refractivity contribution in [2.24, 2.45) is 11.8 Å². The lowest BCUT2D eigenvalue weighted by Gasteiger charge is -2.27. The van der Waals surface area contributed by atoms with E-state index >= 15 is 0 Å². The van der Waals surface area contributed by atoms with Crippen LogP contribution in [0.1, 0.15) is 18.4 Å². The molecule has 2 fully saturated rings. The lowest BCUT2D eigenvalue weighted by atomic mass is 10.1. The molecule has 2 aliphatic rings. The Balaban J connectivity index is 1.34. The number of ether oxygens (including phenoxy) is 1. The molecule has 0 radical (unpaired) electrons. The van der Waals surface area contributed by atoms with Gasteiger partial charge in [0.1, 0.15) is 0 Å². The van der Waals surface area contributed by atoms with E-state index in [1.165, 1.54) is 5.56 Å². The molecule has 0 aromatic heterocycles. The van der Waals surface area contributed by atoms with Crippen LogP contribution in [0.5, 0.6) is 0 Å². The van der Waals surface area contributed by atoms with Crippen LogP contribution >= 0.6 is 0 Å². The summed E-state index contributed by atoms with van der Waals surface area (Å²) in [7, 11) is 0. The minimum absolute atomic E-state index is 0.0321. The zero-order valence-electron chi connectivity index (χ0n) is 13.4. The Kier molecular flexibility index (Phi) is 5.28. The normalized spacial score (nSPS) is 23.4. The number of carbonyl (C=O) groups excluding carboxylic acids is 2. The highest BCUT2D eigenvalue weighted by Crippen LogP contribution is 2.40. The zero-order valence-corrected chi connectivity index (χ0v) is 13.4. The molecule has 124 valence electrons. The van der Waals surface area contributed by atoms with Crippen molar-refractivity contribution in [3.63, 3.8) is 0 Å². The van der Waals surface area contributed by atoms with E-state index in [1.54, 1.807) is 0 Å². The number of aryl methyl sites for hydroxylation is 1. The van der Waals surface area contributed by atoms with Crippen LogP contribution in [0.2, 0.25) is 0 Å². The Bertz CT molecular complexity index is 540. The maximum Gasteiger partial charge on any atom is 0.226 e. The summed E-state index contributed by atoms with van der Waals surface area (Å²) in [5, 5.41) is 2.97. The van der Waals surface area contributed by atoms with Gasteiger partial charge in [0.15, 0.2) is 0 Å². The first-order chi connectivity index (χ1) is 11.3. The minimum atomic E-state index is -0.123. The molecule has 2 atom stereocenters. The third-order valence-electron chi connectivity index (χ3n) is 4.55. The van der Waals surface area contributed by atoms with Crippen LogP contribution in [0.25, 0.3) is 0 Å². The van der Waals surface area contributed by atoms with Crippen molar-refractivity contribution >= 4 is 11.8 Å². The van der Waals surface area contributed by atoms with Gasteiger partial charge in [0.2, 0.25) is 11.8 Å². The third-order valence-corrected chi connectivity index (χ3v) is 4.55. The van der Waals surface area contributed by atoms with E-state index in [0.717, 1.165) is 12.8 Å². The van der Waals surface area contributed by atoms with Crippen LogP contribution in [0.3, 0.4) is 0 Å². The van der Waals surface area contributed by atoms with Crippen LogP contribution in [0, 0.1) is 11.8 Å². The number of morpholine rings is 1. The summed E-state index contributed by atoms with van der Waals surface area (Å²) in [4.78, 5) is 26.2. The molecule has 1 aliphatic heterocycles. The summed E-state index contributed by atoms with van der Waals surface area (Å²) in [6, 6.07) is 10.3. The van der Waals surface area contributed by atoms with Gasteiger partial charge in [-0.3, -0.25) is 9.59 Å². The lowest BCUT2D eigenvalue weighted by Crippen LogP contribution is -2.42. The van der Waals surface area contributed by atoms with E-state index < -0.39 is 0 Å². The number of nitrogens with one attached hydrogen (secondary N) is 1. The molecule has 5 nitrogen and oxygen atoms in total. The van der Waals surface area contributed by atoms with Crippen molar-refractivity contribution in [2.75, 3.05) is 32.8 Å². The van der Waals surface area contributed by atoms with Gasteiger partial charge in [0, 0.05) is 19.6 Å². The second-order valence-corrected chi connectivity index (χ2v) is 6.27. The number of rotatable bonds is 6. The van der Waals surface area contributed by atoms with Crippen molar-refractivity contribution in [3.8, 4) is 0 Å². The molecule has 1 aliphatic carbocycles. The quantitative estimate of drug-likeness (QED) is 0.803. The van der Waals surface area contributed by atoms with Crippen LogP contribution in [0.15, 0.2) is 30.3 Å². The number of carbonyl (C=O) groups is 2. The van der Waals surface area contributed by atoms with E-state index in [2.05, 4.69) is 17.4 Å². The summed E-state index contributed by atoms with van der Waals surface area (Å²) < 4.78 is 5.25. The van der Waals surface area contributed by atoms with Gasteiger partial charge in [-0.25, -0.2) is 0 Å². The first-order valence-corrected chi connectivity index (χ1v) is 8.44. The Hall–Kier alpha value is -1.88. The molecule has 0 spiro atoms. The van der Waals surface area contributed by atoms with Gasteiger partial charge in [0.25, 0.3) is 0 Å². The van der Waals surface area contributed by atoms with E-state index in [9.17, 15) is 9.59 Å². The van der Waals surface area contributed by atoms with Crippen molar-refractivity contribution in [1.82, 2.24) is 10.2 Å². The third kappa shape index (κ3) is 4.32. The average molecular weight is 316 g/mol. The monoisotopic (exact) mass is 316 g/mol. The summed E-state index contributed by atoms with van der Waals surface area (Å²) in [5.41, 5.74) is 1.29. The van der Waals surface area contributed by atoms with E-state index in [-0.39, 0.29) is 23.7 Å². The fraction of sp³-hybridized carbons (Fsp3) is 0.556. The highest BCUT2D eigenvalue weighted by Gasteiger charge is 2.49. The van der Waals surface area contributed by atoms with Gasteiger partial charge in [-0.05, 0) is 24.8 Å². The molecule has 1 saturated heterocycles. The number of hydrogen-bond donors (Lipinski definition) is 1. The minimum Gasteiger partial charge on any atom is -0.378 e. The van der Waals surface area contributed by atoms with Gasteiger partial charge in [-0.1, -0.05) is 30.3 Å². The molecule has 3 rings (SSSR count). The van der Waals surface area contributed by atoms with Gasteiger partial charge in [0.05, 0.1) is 25.0 Å². The molecule has 1 N–H and O–H groups in total. The van der Waals surface area contributed by atoms with Crippen LogP contribution < -0.4 is 5.32 Å². The van der Waals surface area contributed by atoms with Crippen LogP contribution in [-0.2, 0) is 20.7 Å². The summed E-state index contributed by atoms with van der Waals surface area (Å²) in [6.45, 7) is 3.19. The molecule has 1 aromatic rings. The fourth-order valence-corrected chi connectivity index (χ4v) is 3.06. The topological polar surface area (TPSA) is 58.6 Å². The van der Waals surface area contributed by atoms with Crippen molar-refractivity contribution in [2.45, 2.75) is 19.3 Å². The predicted octanol–water partition coefficient (Wildman–Crippen LogP) is 1.23. The maximum absolute atomic E-state index is 12.3. The first-order valence-electron chi connectivity index (χ1n) is 8.44. The van der Waals surface area contributed by atoms with Crippen molar-refractivity contribution in [3.05, 3.63) is 35.9 Å². The Morgan fingerprint density at radius 1 is 1.13 bits per heavy atom. The molecule has 0 bridgehead atoms. The van der Waals surface area contributed by atoms with Gasteiger partial charge in [-0.2, -0.15) is 0 Å². The Morgan fingerprint density at radius 3 is 2.61 bits per heavy atom. The highest BCUT2D eigenvalue weighted by atomic mass is 16.5. The molecule has 5 heteroatoms. The average Bonchev–Trinajstić information content (AvgIpc) is 3.40. The second-order valence-electron chi connectivity index (χ2n) is 6.27. The van der Waals surface area contributed by atoms with Gasteiger partial charge >= 0.3 is 0 Å². The zero-order chi connectivity index (χ0) is 16.1. The van der Waals surface area contributed by atoms with E-state index in [4.69, 9.17) is 4.74 Å². The largest absolute Gasteiger partial charge is 0.378 e. The molecule has 2 unspecified atom stereocenters. The lowest BCUT2D eigenvalue weighted by molar-refractivity contribution is -0.138. The molecular weight excluding hydrogens is 292 g/mol.